The summed E-state index contributed by atoms with van der Waals surface area (Å²) in [5, 5.41) is 12.2. The Bertz CT molecular complexity index is 685. The van der Waals surface area contributed by atoms with Gasteiger partial charge in [-0.25, -0.2) is 8.42 Å². The quantitative estimate of drug-likeness (QED) is 0.825. The molecule has 0 spiro atoms. The van der Waals surface area contributed by atoms with E-state index in [1.807, 2.05) is 0 Å². The molecule has 8 heteroatoms. The van der Waals surface area contributed by atoms with Crippen molar-refractivity contribution in [2.75, 3.05) is 27.0 Å². The molecule has 1 saturated heterocycles. The number of sulfone groups is 1. The van der Waals surface area contributed by atoms with E-state index in [1.54, 1.807) is 6.07 Å². The van der Waals surface area contributed by atoms with Crippen LogP contribution in [-0.4, -0.2) is 46.5 Å². The molecule has 1 aliphatic heterocycles. The van der Waals surface area contributed by atoms with Gasteiger partial charge in [-0.15, -0.1) is 0 Å². The molecule has 22 heavy (non-hydrogen) atoms. The maximum absolute atomic E-state index is 11.8. The largest absolute Gasteiger partial charge is 0.492 e. The van der Waals surface area contributed by atoms with Crippen molar-refractivity contribution in [1.29, 1.82) is 0 Å². The molecule has 0 amide bonds. The van der Waals surface area contributed by atoms with Crippen molar-refractivity contribution in [3.8, 4) is 11.5 Å². The zero-order valence-electron chi connectivity index (χ0n) is 12.6. The van der Waals surface area contributed by atoms with Crippen LogP contribution in [0, 0.1) is 5.92 Å². The van der Waals surface area contributed by atoms with Gasteiger partial charge < -0.3 is 19.9 Å². The fraction of sp³-hybridized carbons (Fsp3) is 0.500. The molecule has 1 aliphatic rings. The first kappa shape index (κ1) is 16.6. The molecule has 2 N–H and O–H groups in total. The molecule has 2 rings (SSSR count). The predicted molar refractivity (Wildman–Crippen MR) is 79.1 cm³/mol. The summed E-state index contributed by atoms with van der Waals surface area (Å²) < 4.78 is 34.2. The predicted octanol–water partition coefficient (Wildman–Crippen LogP) is 0.842. The van der Waals surface area contributed by atoms with Crippen molar-refractivity contribution in [1.82, 2.24) is 5.32 Å². The van der Waals surface area contributed by atoms with Crippen molar-refractivity contribution < 1.29 is 27.8 Å². The van der Waals surface area contributed by atoms with Gasteiger partial charge in [-0.3, -0.25) is 4.79 Å². The minimum absolute atomic E-state index is 0.0448. The summed E-state index contributed by atoms with van der Waals surface area (Å²) in [5.74, 6) is -0.874. The minimum Gasteiger partial charge on any atom is -0.492 e. The first-order chi connectivity index (χ1) is 10.3. The first-order valence-corrected chi connectivity index (χ1v) is 8.59. The van der Waals surface area contributed by atoms with Gasteiger partial charge in [0, 0.05) is 24.4 Å². The topological polar surface area (TPSA) is 102 Å². The van der Waals surface area contributed by atoms with Crippen molar-refractivity contribution >= 4 is 15.8 Å². The van der Waals surface area contributed by atoms with E-state index in [9.17, 15) is 13.2 Å². The van der Waals surface area contributed by atoms with E-state index >= 15 is 0 Å². The summed E-state index contributed by atoms with van der Waals surface area (Å²) in [7, 11) is -0.661. The molecule has 1 aromatic carbocycles. The number of ether oxygens (including phenoxy) is 2. The Hall–Kier alpha value is -1.80. The molecule has 1 aromatic rings. The van der Waals surface area contributed by atoms with Gasteiger partial charge in [-0.05, 0) is 12.5 Å². The van der Waals surface area contributed by atoms with E-state index in [0.717, 1.165) is 6.26 Å². The molecular formula is C14H19NO6S. The summed E-state index contributed by atoms with van der Waals surface area (Å²) in [6, 6.07) is 2.88. The van der Waals surface area contributed by atoms with Crippen molar-refractivity contribution in [2.24, 2.45) is 5.92 Å². The van der Waals surface area contributed by atoms with E-state index in [-0.39, 0.29) is 16.7 Å². The van der Waals surface area contributed by atoms with E-state index < -0.39 is 21.7 Å². The Balaban J connectivity index is 2.48. The second-order valence-electron chi connectivity index (χ2n) is 5.22. The molecule has 2 unspecified atom stereocenters. The van der Waals surface area contributed by atoms with Crippen molar-refractivity contribution in [3.05, 3.63) is 17.7 Å². The van der Waals surface area contributed by atoms with Crippen molar-refractivity contribution in [2.45, 2.75) is 17.4 Å². The van der Waals surface area contributed by atoms with Gasteiger partial charge in [0.2, 0.25) is 0 Å². The number of rotatable bonds is 5. The Morgan fingerprint density at radius 3 is 2.36 bits per heavy atom. The van der Waals surface area contributed by atoms with Gasteiger partial charge in [0.1, 0.15) is 4.90 Å². The summed E-state index contributed by atoms with van der Waals surface area (Å²) >= 11 is 0. The monoisotopic (exact) mass is 329 g/mol. The van der Waals surface area contributed by atoms with Crippen LogP contribution in [0.2, 0.25) is 0 Å². The van der Waals surface area contributed by atoms with E-state index in [0.29, 0.717) is 24.3 Å². The number of hydrogen-bond donors (Lipinski definition) is 2. The molecule has 0 radical (unpaired) electrons. The average molecular weight is 329 g/mol. The molecule has 122 valence electrons. The number of benzene rings is 1. The summed E-state index contributed by atoms with van der Waals surface area (Å²) in [4.78, 5) is 11.1. The number of nitrogens with one attached hydrogen (secondary N) is 1. The fourth-order valence-corrected chi connectivity index (χ4v) is 3.52. The minimum atomic E-state index is -3.46. The first-order valence-electron chi connectivity index (χ1n) is 6.70. The second kappa shape index (κ2) is 6.13. The van der Waals surface area contributed by atoms with Crippen LogP contribution in [0.1, 0.15) is 18.0 Å². The molecule has 0 bridgehead atoms. The SMILES string of the molecule is COc1c(C2CC(C(=O)O)CN2)ccc(S(C)(=O)=O)c1OC. The van der Waals surface area contributed by atoms with Crippen LogP contribution in [0.4, 0.5) is 0 Å². The van der Waals surface area contributed by atoms with E-state index in [2.05, 4.69) is 5.32 Å². The number of aliphatic carboxylic acids is 1. The number of carbonyl (C=O) groups is 1. The van der Waals surface area contributed by atoms with Crippen LogP contribution < -0.4 is 14.8 Å². The van der Waals surface area contributed by atoms with Crippen molar-refractivity contribution in [3.63, 3.8) is 0 Å². The molecule has 7 nitrogen and oxygen atoms in total. The van der Waals surface area contributed by atoms with Crippen LogP contribution in [0.25, 0.3) is 0 Å². The fourth-order valence-electron chi connectivity index (χ4n) is 2.69. The van der Waals surface area contributed by atoms with Gasteiger partial charge in [0.25, 0.3) is 0 Å². The highest BCUT2D eigenvalue weighted by Crippen LogP contribution is 2.42. The van der Waals surface area contributed by atoms with Gasteiger partial charge in [0.05, 0.1) is 20.1 Å². The lowest BCUT2D eigenvalue weighted by molar-refractivity contribution is -0.141. The lowest BCUT2D eigenvalue weighted by Crippen LogP contribution is -2.17. The highest BCUT2D eigenvalue weighted by molar-refractivity contribution is 7.90. The number of methoxy groups -OCH3 is 2. The van der Waals surface area contributed by atoms with Gasteiger partial charge in [0.15, 0.2) is 21.3 Å². The third-order valence-corrected chi connectivity index (χ3v) is 4.89. The van der Waals surface area contributed by atoms with E-state index in [1.165, 1.54) is 20.3 Å². The second-order valence-corrected chi connectivity index (χ2v) is 7.21. The van der Waals surface area contributed by atoms with Crippen LogP contribution in [-0.2, 0) is 14.6 Å². The zero-order chi connectivity index (χ0) is 16.5. The summed E-state index contributed by atoms with van der Waals surface area (Å²) in [6.45, 7) is 0.360. The normalized spacial score (nSPS) is 21.6. The standard InChI is InChI=1S/C14H19NO6S/c1-20-12-9(10-6-8(7-15-10)14(16)17)4-5-11(13(12)21-2)22(3,18)19/h4-5,8,10,15H,6-7H2,1-3H3,(H,16,17). The third kappa shape index (κ3) is 3.02. The highest BCUT2D eigenvalue weighted by atomic mass is 32.2. The molecule has 0 saturated carbocycles. The summed E-state index contributed by atoms with van der Waals surface area (Å²) in [6.07, 6.45) is 1.51. The molecule has 0 aromatic heterocycles. The Labute approximate surface area is 129 Å². The molecule has 1 heterocycles. The van der Waals surface area contributed by atoms with Crippen LogP contribution >= 0.6 is 0 Å². The summed E-state index contributed by atoms with van der Waals surface area (Å²) in [5.41, 5.74) is 0.690. The van der Waals surface area contributed by atoms with Crippen LogP contribution in [0.15, 0.2) is 17.0 Å². The highest BCUT2D eigenvalue weighted by Gasteiger charge is 2.33. The maximum atomic E-state index is 11.8. The number of carboxylic acids is 1. The lowest BCUT2D eigenvalue weighted by atomic mass is 9.99. The number of hydrogen-bond acceptors (Lipinski definition) is 6. The Kier molecular flexibility index (Phi) is 4.62. The zero-order valence-corrected chi connectivity index (χ0v) is 13.4. The molecule has 0 aliphatic carbocycles. The Morgan fingerprint density at radius 2 is 1.91 bits per heavy atom. The molecule has 2 atom stereocenters. The van der Waals surface area contributed by atoms with E-state index in [4.69, 9.17) is 14.6 Å². The lowest BCUT2D eigenvalue weighted by Gasteiger charge is -2.19. The van der Waals surface area contributed by atoms with Gasteiger partial charge in [-0.1, -0.05) is 6.07 Å². The number of carboxylic acid groups (broad SMARTS) is 1. The van der Waals surface area contributed by atoms with Gasteiger partial charge >= 0.3 is 5.97 Å². The maximum Gasteiger partial charge on any atom is 0.307 e. The smallest absolute Gasteiger partial charge is 0.307 e. The average Bonchev–Trinajstić information content (AvgIpc) is 2.94. The van der Waals surface area contributed by atoms with Gasteiger partial charge in [-0.2, -0.15) is 0 Å². The third-order valence-electron chi connectivity index (χ3n) is 3.77. The Morgan fingerprint density at radius 1 is 1.27 bits per heavy atom. The van der Waals surface area contributed by atoms with Crippen LogP contribution in [0.5, 0.6) is 11.5 Å². The van der Waals surface area contributed by atoms with Crippen LogP contribution in [0.3, 0.4) is 0 Å². The molecular weight excluding hydrogens is 310 g/mol. The molecule has 1 fully saturated rings.